The SMILES string of the molecule is Cc1ccc2cc(CN[C@H](CC(C)C)C(=O)O)ccc2n1. The quantitative estimate of drug-likeness (QED) is 0.856. The predicted molar refractivity (Wildman–Crippen MR) is 84.2 cm³/mol. The number of carbonyl (C=O) groups is 1. The third kappa shape index (κ3) is 4.26. The van der Waals surface area contributed by atoms with E-state index in [0.29, 0.717) is 18.9 Å². The minimum atomic E-state index is -0.790. The minimum absolute atomic E-state index is 0.349. The van der Waals surface area contributed by atoms with E-state index in [9.17, 15) is 9.90 Å². The Hall–Kier alpha value is -1.94. The topological polar surface area (TPSA) is 62.2 Å². The molecule has 2 rings (SSSR count). The highest BCUT2D eigenvalue weighted by Gasteiger charge is 2.17. The Bertz CT molecular complexity index is 638. The lowest BCUT2D eigenvalue weighted by atomic mass is 10.0. The van der Waals surface area contributed by atoms with Crippen molar-refractivity contribution in [2.75, 3.05) is 0 Å². The summed E-state index contributed by atoms with van der Waals surface area (Å²) in [5, 5.41) is 13.4. The summed E-state index contributed by atoms with van der Waals surface area (Å²) in [4.78, 5) is 15.7. The van der Waals surface area contributed by atoms with Crippen LogP contribution < -0.4 is 5.32 Å². The molecule has 4 nitrogen and oxygen atoms in total. The number of hydrogen-bond donors (Lipinski definition) is 2. The molecule has 0 saturated carbocycles. The smallest absolute Gasteiger partial charge is 0.320 e. The Labute approximate surface area is 125 Å². The van der Waals surface area contributed by atoms with E-state index in [2.05, 4.69) is 16.4 Å². The number of pyridine rings is 1. The Balaban J connectivity index is 2.08. The van der Waals surface area contributed by atoms with Crippen molar-refractivity contribution in [3.8, 4) is 0 Å². The van der Waals surface area contributed by atoms with Crippen molar-refractivity contribution in [1.82, 2.24) is 10.3 Å². The number of carboxylic acids is 1. The summed E-state index contributed by atoms with van der Waals surface area (Å²) < 4.78 is 0. The summed E-state index contributed by atoms with van der Waals surface area (Å²) in [5.74, 6) is -0.441. The van der Waals surface area contributed by atoms with Crippen molar-refractivity contribution in [2.24, 2.45) is 5.92 Å². The molecule has 0 fully saturated rings. The normalized spacial score (nSPS) is 12.8. The van der Waals surface area contributed by atoms with E-state index in [1.165, 1.54) is 0 Å². The van der Waals surface area contributed by atoms with Crippen LogP contribution in [0.5, 0.6) is 0 Å². The molecule has 112 valence electrons. The molecule has 0 saturated heterocycles. The van der Waals surface area contributed by atoms with Crippen LogP contribution in [-0.4, -0.2) is 22.1 Å². The molecule has 0 spiro atoms. The summed E-state index contributed by atoms with van der Waals surface area (Å²) in [6, 6.07) is 9.57. The predicted octanol–water partition coefficient (Wildman–Crippen LogP) is 3.13. The lowest BCUT2D eigenvalue weighted by molar-refractivity contribution is -0.140. The summed E-state index contributed by atoms with van der Waals surface area (Å²) >= 11 is 0. The Morgan fingerprint density at radius 3 is 2.71 bits per heavy atom. The fraction of sp³-hybridized carbons (Fsp3) is 0.412. The molecule has 1 heterocycles. The molecule has 0 amide bonds. The van der Waals surface area contributed by atoms with E-state index in [0.717, 1.165) is 22.2 Å². The Kier molecular flexibility index (Phi) is 4.91. The lowest BCUT2D eigenvalue weighted by Crippen LogP contribution is -2.37. The van der Waals surface area contributed by atoms with Crippen LogP contribution in [0.3, 0.4) is 0 Å². The highest BCUT2D eigenvalue weighted by atomic mass is 16.4. The Morgan fingerprint density at radius 2 is 2.05 bits per heavy atom. The van der Waals surface area contributed by atoms with E-state index < -0.39 is 12.0 Å². The molecule has 0 aliphatic rings. The van der Waals surface area contributed by atoms with E-state index in [1.807, 2.05) is 45.0 Å². The summed E-state index contributed by atoms with van der Waals surface area (Å²) in [7, 11) is 0. The molecule has 21 heavy (non-hydrogen) atoms. The first-order chi connectivity index (χ1) is 9.95. The molecular weight excluding hydrogens is 264 g/mol. The second-order valence-corrected chi connectivity index (χ2v) is 5.88. The lowest BCUT2D eigenvalue weighted by Gasteiger charge is -2.16. The van der Waals surface area contributed by atoms with E-state index in [-0.39, 0.29) is 0 Å². The molecule has 2 aromatic rings. The molecule has 1 aromatic heterocycles. The maximum absolute atomic E-state index is 11.2. The molecule has 4 heteroatoms. The van der Waals surface area contributed by atoms with Crippen LogP contribution in [0, 0.1) is 12.8 Å². The fourth-order valence-electron chi connectivity index (χ4n) is 2.37. The third-order valence-electron chi connectivity index (χ3n) is 3.45. The largest absolute Gasteiger partial charge is 0.480 e. The number of benzene rings is 1. The van der Waals surface area contributed by atoms with Crippen molar-refractivity contribution < 1.29 is 9.90 Å². The molecule has 0 radical (unpaired) electrons. The summed E-state index contributed by atoms with van der Waals surface area (Å²) in [6.45, 7) is 6.58. The standard InChI is InChI=1S/C17H22N2O2/c1-11(2)8-16(17(20)21)18-10-13-5-7-15-14(9-13)6-4-12(3)19-15/h4-7,9,11,16,18H,8,10H2,1-3H3,(H,20,21)/t16-/m1/s1. The monoisotopic (exact) mass is 286 g/mol. The first-order valence-electron chi connectivity index (χ1n) is 7.28. The minimum Gasteiger partial charge on any atom is -0.480 e. The number of rotatable bonds is 6. The van der Waals surface area contributed by atoms with Crippen molar-refractivity contribution in [3.63, 3.8) is 0 Å². The van der Waals surface area contributed by atoms with Crippen LogP contribution >= 0.6 is 0 Å². The van der Waals surface area contributed by atoms with Gasteiger partial charge in [0.05, 0.1) is 5.52 Å². The van der Waals surface area contributed by atoms with Crippen LogP contribution in [0.2, 0.25) is 0 Å². The van der Waals surface area contributed by atoms with Gasteiger partial charge in [-0.3, -0.25) is 9.78 Å². The number of nitrogens with zero attached hydrogens (tertiary/aromatic N) is 1. The maximum atomic E-state index is 11.2. The number of fused-ring (bicyclic) bond motifs is 1. The van der Waals surface area contributed by atoms with Gasteiger partial charge in [0, 0.05) is 17.6 Å². The van der Waals surface area contributed by atoms with E-state index in [1.54, 1.807) is 0 Å². The molecule has 1 aromatic carbocycles. The maximum Gasteiger partial charge on any atom is 0.320 e. The highest BCUT2D eigenvalue weighted by molar-refractivity contribution is 5.79. The second kappa shape index (κ2) is 6.68. The highest BCUT2D eigenvalue weighted by Crippen LogP contribution is 2.15. The van der Waals surface area contributed by atoms with Crippen molar-refractivity contribution >= 4 is 16.9 Å². The van der Waals surface area contributed by atoms with Crippen LogP contribution in [0.15, 0.2) is 30.3 Å². The van der Waals surface area contributed by atoms with Gasteiger partial charge in [0.2, 0.25) is 0 Å². The van der Waals surface area contributed by atoms with Gasteiger partial charge in [0.25, 0.3) is 0 Å². The van der Waals surface area contributed by atoms with Gasteiger partial charge in [-0.2, -0.15) is 0 Å². The first kappa shape index (κ1) is 15.4. The van der Waals surface area contributed by atoms with E-state index >= 15 is 0 Å². The molecule has 0 aliphatic heterocycles. The van der Waals surface area contributed by atoms with Gasteiger partial charge >= 0.3 is 5.97 Å². The second-order valence-electron chi connectivity index (χ2n) is 5.88. The van der Waals surface area contributed by atoms with Crippen molar-refractivity contribution in [2.45, 2.75) is 39.8 Å². The number of carboxylic acid groups (broad SMARTS) is 1. The van der Waals surface area contributed by atoms with Gasteiger partial charge in [-0.1, -0.05) is 26.0 Å². The Morgan fingerprint density at radius 1 is 1.29 bits per heavy atom. The van der Waals surface area contributed by atoms with Crippen LogP contribution in [0.1, 0.15) is 31.5 Å². The van der Waals surface area contributed by atoms with Gasteiger partial charge in [-0.05, 0) is 43.0 Å². The molecule has 0 bridgehead atoms. The average Bonchev–Trinajstić information content (AvgIpc) is 2.42. The molecule has 0 unspecified atom stereocenters. The van der Waals surface area contributed by atoms with Crippen molar-refractivity contribution in [3.05, 3.63) is 41.6 Å². The average molecular weight is 286 g/mol. The summed E-state index contributed by atoms with van der Waals surface area (Å²) in [5.41, 5.74) is 3.04. The molecule has 0 aliphatic carbocycles. The van der Waals surface area contributed by atoms with Crippen LogP contribution in [0.4, 0.5) is 0 Å². The number of aliphatic carboxylic acids is 1. The number of nitrogens with one attached hydrogen (secondary N) is 1. The number of aromatic nitrogens is 1. The van der Waals surface area contributed by atoms with Gasteiger partial charge in [-0.15, -0.1) is 0 Å². The summed E-state index contributed by atoms with van der Waals surface area (Å²) in [6.07, 6.45) is 0.629. The zero-order valence-electron chi connectivity index (χ0n) is 12.8. The van der Waals surface area contributed by atoms with Crippen molar-refractivity contribution in [1.29, 1.82) is 0 Å². The number of aryl methyl sites for hydroxylation is 1. The van der Waals surface area contributed by atoms with Crippen LogP contribution in [0.25, 0.3) is 10.9 Å². The molecule has 1 atom stereocenters. The van der Waals surface area contributed by atoms with E-state index in [4.69, 9.17) is 0 Å². The van der Waals surface area contributed by atoms with Crippen LogP contribution in [-0.2, 0) is 11.3 Å². The zero-order valence-corrected chi connectivity index (χ0v) is 12.8. The first-order valence-corrected chi connectivity index (χ1v) is 7.28. The number of hydrogen-bond acceptors (Lipinski definition) is 3. The third-order valence-corrected chi connectivity index (χ3v) is 3.45. The molecule has 2 N–H and O–H groups in total. The van der Waals surface area contributed by atoms with Gasteiger partial charge < -0.3 is 10.4 Å². The zero-order chi connectivity index (χ0) is 15.4. The van der Waals surface area contributed by atoms with Gasteiger partial charge in [-0.25, -0.2) is 0 Å². The van der Waals surface area contributed by atoms with Gasteiger partial charge in [0.1, 0.15) is 6.04 Å². The fourth-order valence-corrected chi connectivity index (χ4v) is 2.37. The van der Waals surface area contributed by atoms with Gasteiger partial charge in [0.15, 0.2) is 0 Å². The molecular formula is C17H22N2O2.